The fourth-order valence-electron chi connectivity index (χ4n) is 1.40. The molecule has 1 atom stereocenters. The maximum Gasteiger partial charge on any atom is 0.354 e. The summed E-state index contributed by atoms with van der Waals surface area (Å²) in [5, 5.41) is 21.2. The summed E-state index contributed by atoms with van der Waals surface area (Å²) in [5.74, 6) is -1.22. The molecule has 7 heteroatoms. The third-order valence-electron chi connectivity index (χ3n) is 2.29. The van der Waals surface area contributed by atoms with Crippen LogP contribution in [0, 0.1) is 0 Å². The predicted molar refractivity (Wildman–Crippen MR) is 72.5 cm³/mol. The number of thioether (sulfide) groups is 1. The number of aromatic carboxylic acids is 1. The average Bonchev–Trinajstić information content (AvgIpc) is 2.36. The van der Waals surface area contributed by atoms with Gasteiger partial charge in [0.15, 0.2) is 0 Å². The first-order valence-electron chi connectivity index (χ1n) is 5.55. The predicted octanol–water partition coefficient (Wildman–Crippen LogP) is 0.624. The SMILES string of the molecule is CSCC(C)(O)CNC(=O)c1cccc(C(=O)O)n1. The van der Waals surface area contributed by atoms with E-state index in [1.807, 2.05) is 6.26 Å². The van der Waals surface area contributed by atoms with Crippen LogP contribution in [0.15, 0.2) is 18.2 Å². The lowest BCUT2D eigenvalue weighted by Crippen LogP contribution is -2.42. The molecule has 0 aliphatic heterocycles. The van der Waals surface area contributed by atoms with Gasteiger partial charge in [0.05, 0.1) is 5.60 Å². The van der Waals surface area contributed by atoms with E-state index in [2.05, 4.69) is 10.3 Å². The number of hydrogen-bond acceptors (Lipinski definition) is 5. The molecule has 0 radical (unpaired) electrons. The van der Waals surface area contributed by atoms with Crippen molar-refractivity contribution in [2.75, 3.05) is 18.6 Å². The Hall–Kier alpha value is -1.60. The third kappa shape index (κ3) is 4.88. The molecular formula is C12H16N2O4S. The Morgan fingerprint density at radius 2 is 2.05 bits per heavy atom. The summed E-state index contributed by atoms with van der Waals surface area (Å²) in [6, 6.07) is 4.18. The first kappa shape index (κ1) is 15.5. The molecule has 0 fully saturated rings. The van der Waals surface area contributed by atoms with Gasteiger partial charge in [0, 0.05) is 12.3 Å². The Labute approximate surface area is 115 Å². The minimum atomic E-state index is -1.19. The molecule has 1 amide bonds. The van der Waals surface area contributed by atoms with Crippen LogP contribution in [-0.4, -0.2) is 51.2 Å². The summed E-state index contributed by atoms with van der Waals surface area (Å²) in [6.45, 7) is 1.69. The molecule has 0 saturated carbocycles. The van der Waals surface area contributed by atoms with E-state index in [4.69, 9.17) is 5.11 Å². The van der Waals surface area contributed by atoms with Crippen molar-refractivity contribution in [3.05, 3.63) is 29.6 Å². The zero-order chi connectivity index (χ0) is 14.5. The van der Waals surface area contributed by atoms with Crippen LogP contribution in [0.3, 0.4) is 0 Å². The Morgan fingerprint density at radius 3 is 2.63 bits per heavy atom. The number of amides is 1. The fraction of sp³-hybridized carbons (Fsp3) is 0.417. The van der Waals surface area contributed by atoms with Gasteiger partial charge in [-0.2, -0.15) is 11.8 Å². The van der Waals surface area contributed by atoms with Crippen molar-refractivity contribution in [1.82, 2.24) is 10.3 Å². The number of hydrogen-bond donors (Lipinski definition) is 3. The maximum atomic E-state index is 11.8. The highest BCUT2D eigenvalue weighted by atomic mass is 32.2. The molecule has 1 rings (SSSR count). The molecule has 3 N–H and O–H groups in total. The summed E-state index contributed by atoms with van der Waals surface area (Å²) in [7, 11) is 0. The van der Waals surface area contributed by atoms with Crippen LogP contribution >= 0.6 is 11.8 Å². The minimum Gasteiger partial charge on any atom is -0.477 e. The van der Waals surface area contributed by atoms with E-state index in [-0.39, 0.29) is 17.9 Å². The average molecular weight is 284 g/mol. The van der Waals surface area contributed by atoms with Crippen LogP contribution in [0.4, 0.5) is 0 Å². The number of aromatic nitrogens is 1. The standard InChI is InChI=1S/C12H16N2O4S/c1-12(18,7-19-2)6-13-10(15)8-4-3-5-9(14-8)11(16)17/h3-5,18H,6-7H2,1-2H3,(H,13,15)(H,16,17). The molecule has 1 unspecified atom stereocenters. The number of nitrogens with one attached hydrogen (secondary N) is 1. The molecule has 0 aliphatic rings. The first-order valence-corrected chi connectivity index (χ1v) is 6.95. The van der Waals surface area contributed by atoms with Gasteiger partial charge >= 0.3 is 5.97 Å². The molecule has 1 heterocycles. The molecule has 19 heavy (non-hydrogen) atoms. The molecule has 0 saturated heterocycles. The van der Waals surface area contributed by atoms with E-state index in [9.17, 15) is 14.7 Å². The van der Waals surface area contributed by atoms with Crippen molar-refractivity contribution in [2.45, 2.75) is 12.5 Å². The van der Waals surface area contributed by atoms with Crippen LogP contribution in [0.2, 0.25) is 0 Å². The zero-order valence-corrected chi connectivity index (χ0v) is 11.5. The second-order valence-corrected chi connectivity index (χ2v) is 5.19. The van der Waals surface area contributed by atoms with E-state index >= 15 is 0 Å². The quantitative estimate of drug-likeness (QED) is 0.708. The lowest BCUT2D eigenvalue weighted by Gasteiger charge is -2.22. The zero-order valence-electron chi connectivity index (χ0n) is 10.7. The summed E-state index contributed by atoms with van der Waals surface area (Å²) >= 11 is 1.47. The summed E-state index contributed by atoms with van der Waals surface area (Å²) in [4.78, 5) is 26.2. The van der Waals surface area contributed by atoms with E-state index in [0.29, 0.717) is 5.75 Å². The minimum absolute atomic E-state index is 0.0138. The highest BCUT2D eigenvalue weighted by Crippen LogP contribution is 2.09. The number of carbonyl (C=O) groups excluding carboxylic acids is 1. The summed E-state index contributed by atoms with van der Waals surface area (Å²) in [5.41, 5.74) is -1.19. The van der Waals surface area contributed by atoms with Crippen molar-refractivity contribution in [1.29, 1.82) is 0 Å². The smallest absolute Gasteiger partial charge is 0.354 e. The van der Waals surface area contributed by atoms with Gasteiger partial charge in [0.2, 0.25) is 0 Å². The highest BCUT2D eigenvalue weighted by molar-refractivity contribution is 7.98. The normalized spacial score (nSPS) is 13.6. The van der Waals surface area contributed by atoms with E-state index in [0.717, 1.165) is 0 Å². The highest BCUT2D eigenvalue weighted by Gasteiger charge is 2.21. The lowest BCUT2D eigenvalue weighted by atomic mass is 10.1. The number of nitrogens with zero attached hydrogens (tertiary/aromatic N) is 1. The van der Waals surface area contributed by atoms with Gasteiger partial charge in [-0.1, -0.05) is 6.07 Å². The van der Waals surface area contributed by atoms with Gasteiger partial charge in [0.25, 0.3) is 5.91 Å². The Kier molecular flexibility index (Phi) is 5.31. The summed E-state index contributed by atoms with van der Waals surface area (Å²) < 4.78 is 0. The van der Waals surface area contributed by atoms with Crippen molar-refractivity contribution in [2.24, 2.45) is 0 Å². The molecule has 0 spiro atoms. The second kappa shape index (κ2) is 6.53. The monoisotopic (exact) mass is 284 g/mol. The number of pyridine rings is 1. The van der Waals surface area contributed by atoms with Gasteiger partial charge in [-0.25, -0.2) is 9.78 Å². The van der Waals surface area contributed by atoms with Gasteiger partial charge in [0.1, 0.15) is 11.4 Å². The molecular weight excluding hydrogens is 268 g/mol. The fourth-order valence-corrected chi connectivity index (χ4v) is 2.13. The Balaban J connectivity index is 2.68. The second-order valence-electron chi connectivity index (χ2n) is 4.33. The number of carbonyl (C=O) groups is 2. The number of aliphatic hydroxyl groups is 1. The maximum absolute atomic E-state index is 11.8. The van der Waals surface area contributed by atoms with Gasteiger partial charge in [-0.15, -0.1) is 0 Å². The molecule has 0 bridgehead atoms. The molecule has 0 aromatic carbocycles. The number of carboxylic acid groups (broad SMARTS) is 1. The first-order chi connectivity index (χ1) is 8.85. The molecule has 0 aliphatic carbocycles. The molecule has 1 aromatic heterocycles. The molecule has 6 nitrogen and oxygen atoms in total. The summed E-state index contributed by atoms with van der Waals surface area (Å²) in [6.07, 6.45) is 1.86. The van der Waals surface area contributed by atoms with Gasteiger partial charge in [-0.05, 0) is 25.3 Å². The van der Waals surface area contributed by atoms with Crippen molar-refractivity contribution < 1.29 is 19.8 Å². The van der Waals surface area contributed by atoms with Crippen molar-refractivity contribution in [3.8, 4) is 0 Å². The third-order valence-corrected chi connectivity index (χ3v) is 3.20. The largest absolute Gasteiger partial charge is 0.477 e. The topological polar surface area (TPSA) is 99.5 Å². The number of rotatable bonds is 6. The lowest BCUT2D eigenvalue weighted by molar-refractivity contribution is 0.0687. The van der Waals surface area contributed by atoms with Crippen LogP contribution in [0.25, 0.3) is 0 Å². The van der Waals surface area contributed by atoms with Gasteiger partial charge in [-0.3, -0.25) is 4.79 Å². The van der Waals surface area contributed by atoms with Crippen molar-refractivity contribution >= 4 is 23.6 Å². The Bertz CT molecular complexity index is 477. The van der Waals surface area contributed by atoms with Gasteiger partial charge < -0.3 is 15.5 Å². The van der Waals surface area contributed by atoms with Crippen LogP contribution in [0.1, 0.15) is 27.9 Å². The van der Waals surface area contributed by atoms with Crippen molar-refractivity contribution in [3.63, 3.8) is 0 Å². The molecule has 104 valence electrons. The Morgan fingerprint density at radius 1 is 1.42 bits per heavy atom. The van der Waals surface area contributed by atoms with E-state index in [1.165, 1.54) is 30.0 Å². The van der Waals surface area contributed by atoms with E-state index in [1.54, 1.807) is 6.92 Å². The van der Waals surface area contributed by atoms with E-state index < -0.39 is 17.5 Å². The van der Waals surface area contributed by atoms with Crippen LogP contribution in [-0.2, 0) is 0 Å². The van der Waals surface area contributed by atoms with Crippen LogP contribution in [0.5, 0.6) is 0 Å². The molecule has 1 aromatic rings. The van der Waals surface area contributed by atoms with Crippen LogP contribution < -0.4 is 5.32 Å². The number of carboxylic acids is 1.